The Labute approximate surface area is 180 Å². The molecule has 0 aliphatic carbocycles. The number of halogens is 2. The normalized spacial score (nSPS) is 11.1. The number of aryl methyl sites for hydroxylation is 2. The zero-order valence-electron chi connectivity index (χ0n) is 16.6. The van der Waals surface area contributed by atoms with Crippen molar-refractivity contribution in [2.45, 2.75) is 27.3 Å². The van der Waals surface area contributed by atoms with Crippen molar-refractivity contribution in [3.63, 3.8) is 0 Å². The lowest BCUT2D eigenvalue weighted by Crippen LogP contribution is -2.33. The van der Waals surface area contributed by atoms with Crippen molar-refractivity contribution in [3.8, 4) is 11.5 Å². The number of aromatic nitrogens is 1. The van der Waals surface area contributed by atoms with Gasteiger partial charge >= 0.3 is 0 Å². The summed E-state index contributed by atoms with van der Waals surface area (Å²) in [4.78, 5) is 19.0. The Balaban J connectivity index is 1.66. The van der Waals surface area contributed by atoms with Crippen molar-refractivity contribution in [2.24, 2.45) is 0 Å². The third kappa shape index (κ3) is 5.38. The number of oxazole rings is 1. The molecule has 1 heterocycles. The number of benzene rings is 2. The van der Waals surface area contributed by atoms with Crippen LogP contribution >= 0.6 is 23.2 Å². The zero-order chi connectivity index (χ0) is 21.0. The van der Waals surface area contributed by atoms with E-state index in [1.165, 1.54) is 5.56 Å². The minimum atomic E-state index is -0.194. The molecule has 1 aromatic heterocycles. The summed E-state index contributed by atoms with van der Waals surface area (Å²) in [6.45, 7) is 7.43. The maximum atomic E-state index is 12.5. The van der Waals surface area contributed by atoms with Crippen LogP contribution in [0.25, 0.3) is 11.5 Å². The van der Waals surface area contributed by atoms with E-state index in [2.05, 4.69) is 23.3 Å². The molecule has 1 N–H and O–H groups in total. The molecule has 7 heteroatoms. The smallest absolute Gasteiger partial charge is 0.238 e. The Hall–Kier alpha value is -2.34. The molecule has 0 fully saturated rings. The van der Waals surface area contributed by atoms with Gasteiger partial charge in [0.1, 0.15) is 6.26 Å². The first kappa shape index (κ1) is 21.4. The van der Waals surface area contributed by atoms with Crippen molar-refractivity contribution in [1.82, 2.24) is 9.88 Å². The molecule has 3 aromatic rings. The van der Waals surface area contributed by atoms with Gasteiger partial charge in [-0.3, -0.25) is 9.69 Å². The van der Waals surface area contributed by atoms with Gasteiger partial charge in [-0.25, -0.2) is 4.98 Å². The minimum absolute atomic E-state index is 0.184. The Morgan fingerprint density at radius 1 is 1.17 bits per heavy atom. The monoisotopic (exact) mass is 431 g/mol. The summed E-state index contributed by atoms with van der Waals surface area (Å²) in [5.41, 5.74) is 4.47. The second-order valence-corrected chi connectivity index (χ2v) is 7.72. The van der Waals surface area contributed by atoms with E-state index >= 15 is 0 Å². The molecule has 0 bridgehead atoms. The molecule has 1 amide bonds. The van der Waals surface area contributed by atoms with Gasteiger partial charge in [0, 0.05) is 12.1 Å². The molecule has 3 rings (SSSR count). The molecule has 0 spiro atoms. The first-order valence-corrected chi connectivity index (χ1v) is 10.1. The number of carbonyl (C=O) groups is 1. The molecule has 5 nitrogen and oxygen atoms in total. The van der Waals surface area contributed by atoms with Crippen LogP contribution in [0.15, 0.2) is 47.1 Å². The third-order valence-corrected chi connectivity index (χ3v) is 5.22. The Bertz CT molecular complexity index is 997. The van der Waals surface area contributed by atoms with Crippen molar-refractivity contribution in [2.75, 3.05) is 18.4 Å². The fourth-order valence-electron chi connectivity index (χ4n) is 3.06. The minimum Gasteiger partial charge on any atom is -0.444 e. The van der Waals surface area contributed by atoms with Crippen molar-refractivity contribution in [3.05, 3.63) is 69.5 Å². The third-order valence-electron chi connectivity index (χ3n) is 4.59. The largest absolute Gasteiger partial charge is 0.444 e. The van der Waals surface area contributed by atoms with Gasteiger partial charge in [-0.05, 0) is 44.2 Å². The van der Waals surface area contributed by atoms with E-state index < -0.39 is 0 Å². The van der Waals surface area contributed by atoms with Crippen LogP contribution in [-0.4, -0.2) is 28.9 Å². The highest BCUT2D eigenvalue weighted by atomic mass is 35.5. The number of para-hydroxylation sites is 1. The summed E-state index contributed by atoms with van der Waals surface area (Å²) in [5.74, 6) is 0.390. The summed E-state index contributed by atoms with van der Waals surface area (Å²) in [5, 5.41) is 3.60. The summed E-state index contributed by atoms with van der Waals surface area (Å²) < 4.78 is 5.68. The zero-order valence-corrected chi connectivity index (χ0v) is 18.1. The summed E-state index contributed by atoms with van der Waals surface area (Å²) >= 11 is 12.2. The van der Waals surface area contributed by atoms with Crippen LogP contribution in [-0.2, 0) is 11.3 Å². The molecular formula is C22H23Cl2N3O2. The number of nitrogens with one attached hydrogen (secondary N) is 1. The number of rotatable bonds is 7. The summed E-state index contributed by atoms with van der Waals surface area (Å²) in [6.07, 6.45) is 1.64. The highest BCUT2D eigenvalue weighted by Crippen LogP contribution is 2.29. The number of carbonyl (C=O) groups excluding carboxylic acids is 1. The van der Waals surface area contributed by atoms with E-state index in [1.54, 1.807) is 24.5 Å². The number of hydrogen-bond acceptors (Lipinski definition) is 4. The van der Waals surface area contributed by atoms with Gasteiger partial charge in [0.15, 0.2) is 0 Å². The van der Waals surface area contributed by atoms with E-state index in [1.807, 2.05) is 30.9 Å². The predicted octanol–water partition coefficient (Wildman–Crippen LogP) is 5.73. The maximum Gasteiger partial charge on any atom is 0.238 e. The SMILES string of the molecule is CCN(CC(=O)Nc1c(Cl)cccc1Cl)Cc1coc(-c2ccc(C)cc2C)n1. The van der Waals surface area contributed by atoms with Gasteiger partial charge in [-0.15, -0.1) is 0 Å². The number of hydrogen-bond donors (Lipinski definition) is 1. The average Bonchev–Trinajstić information content (AvgIpc) is 3.12. The van der Waals surface area contributed by atoms with Crippen LogP contribution in [0.4, 0.5) is 5.69 Å². The Morgan fingerprint density at radius 2 is 1.90 bits per heavy atom. The van der Waals surface area contributed by atoms with Crippen LogP contribution in [0.1, 0.15) is 23.7 Å². The molecule has 2 aromatic carbocycles. The van der Waals surface area contributed by atoms with E-state index in [9.17, 15) is 4.79 Å². The van der Waals surface area contributed by atoms with Crippen molar-refractivity contribution >= 4 is 34.8 Å². The van der Waals surface area contributed by atoms with Crippen LogP contribution in [0.2, 0.25) is 10.0 Å². The van der Waals surface area contributed by atoms with E-state index in [0.29, 0.717) is 34.7 Å². The van der Waals surface area contributed by atoms with Crippen LogP contribution < -0.4 is 5.32 Å². The molecule has 0 aliphatic rings. The number of anilines is 1. The van der Waals surface area contributed by atoms with Crippen LogP contribution in [0, 0.1) is 13.8 Å². The molecule has 0 aliphatic heterocycles. The fraction of sp³-hybridized carbons (Fsp3) is 0.273. The van der Waals surface area contributed by atoms with Gasteiger partial charge in [0.2, 0.25) is 11.8 Å². The van der Waals surface area contributed by atoms with Crippen molar-refractivity contribution < 1.29 is 9.21 Å². The standard InChI is InChI=1S/C22H23Cl2N3O2/c1-4-27(12-20(28)26-21-18(23)6-5-7-19(21)24)11-16-13-29-22(25-16)17-9-8-14(2)10-15(17)3/h5-10,13H,4,11-12H2,1-3H3,(H,26,28). The van der Waals surface area contributed by atoms with Crippen molar-refractivity contribution in [1.29, 1.82) is 0 Å². The maximum absolute atomic E-state index is 12.5. The number of likely N-dealkylation sites (N-methyl/N-ethyl adjacent to an activating group) is 1. The molecule has 0 atom stereocenters. The molecular weight excluding hydrogens is 409 g/mol. The fourth-order valence-corrected chi connectivity index (χ4v) is 3.56. The van der Waals surface area contributed by atoms with Gasteiger partial charge in [0.05, 0.1) is 28.0 Å². The van der Waals surface area contributed by atoms with E-state index in [0.717, 1.165) is 16.8 Å². The van der Waals surface area contributed by atoms with Crippen LogP contribution in [0.5, 0.6) is 0 Å². The topological polar surface area (TPSA) is 58.4 Å². The Kier molecular flexibility index (Phi) is 6.96. The lowest BCUT2D eigenvalue weighted by molar-refractivity contribution is -0.117. The van der Waals surface area contributed by atoms with Gasteiger partial charge in [0.25, 0.3) is 0 Å². The first-order chi connectivity index (χ1) is 13.9. The highest BCUT2D eigenvalue weighted by molar-refractivity contribution is 6.39. The highest BCUT2D eigenvalue weighted by Gasteiger charge is 2.16. The molecule has 0 saturated heterocycles. The molecule has 0 unspecified atom stereocenters. The second-order valence-electron chi connectivity index (χ2n) is 6.91. The van der Waals surface area contributed by atoms with E-state index in [-0.39, 0.29) is 12.5 Å². The van der Waals surface area contributed by atoms with Gasteiger partial charge < -0.3 is 9.73 Å². The molecule has 29 heavy (non-hydrogen) atoms. The van der Waals surface area contributed by atoms with Gasteiger partial charge in [-0.1, -0.05) is 53.9 Å². The lowest BCUT2D eigenvalue weighted by Gasteiger charge is -2.19. The first-order valence-electron chi connectivity index (χ1n) is 9.35. The summed E-state index contributed by atoms with van der Waals surface area (Å²) in [7, 11) is 0. The summed E-state index contributed by atoms with van der Waals surface area (Å²) in [6, 6.07) is 11.3. The number of amides is 1. The molecule has 152 valence electrons. The average molecular weight is 432 g/mol. The van der Waals surface area contributed by atoms with Crippen LogP contribution in [0.3, 0.4) is 0 Å². The predicted molar refractivity (Wildman–Crippen MR) is 117 cm³/mol. The number of nitrogens with zero attached hydrogens (tertiary/aromatic N) is 2. The van der Waals surface area contributed by atoms with E-state index in [4.69, 9.17) is 27.6 Å². The lowest BCUT2D eigenvalue weighted by atomic mass is 10.1. The van der Waals surface area contributed by atoms with Gasteiger partial charge in [-0.2, -0.15) is 0 Å². The Morgan fingerprint density at radius 3 is 2.55 bits per heavy atom. The molecule has 0 saturated carbocycles. The second kappa shape index (κ2) is 9.44. The quantitative estimate of drug-likeness (QED) is 0.518. The molecule has 0 radical (unpaired) electrons.